The molecule has 1 aliphatic rings. The van der Waals surface area contributed by atoms with Crippen LogP contribution in [0.1, 0.15) is 19.4 Å². The summed E-state index contributed by atoms with van der Waals surface area (Å²) in [7, 11) is -1.07. The number of hydrogen-bond donors (Lipinski definition) is 1. The first-order chi connectivity index (χ1) is 9.54. The van der Waals surface area contributed by atoms with Crippen molar-refractivity contribution in [1.82, 2.24) is 9.21 Å². The van der Waals surface area contributed by atoms with E-state index >= 15 is 0 Å². The monoisotopic (exact) mass is 317 g/mol. The summed E-state index contributed by atoms with van der Waals surface area (Å²) in [5, 5.41) is 6.88. The van der Waals surface area contributed by atoms with Crippen molar-refractivity contribution < 1.29 is 17.2 Å². The Bertz CT molecular complexity index is 707. The lowest BCUT2D eigenvalue weighted by atomic mass is 9.86. The summed E-state index contributed by atoms with van der Waals surface area (Å²) in [6.45, 7) is 2.92. The van der Waals surface area contributed by atoms with E-state index in [1.54, 1.807) is 0 Å². The van der Waals surface area contributed by atoms with Gasteiger partial charge in [-0.15, -0.1) is 0 Å². The van der Waals surface area contributed by atoms with Crippen LogP contribution in [0.2, 0.25) is 0 Å². The van der Waals surface area contributed by atoms with Crippen LogP contribution in [-0.4, -0.2) is 42.9 Å². The molecule has 2 atom stereocenters. The minimum Gasteiger partial charge on any atom is -0.334 e. The molecule has 0 saturated carbocycles. The molecule has 21 heavy (non-hydrogen) atoms. The van der Waals surface area contributed by atoms with Crippen molar-refractivity contribution in [2.75, 3.05) is 14.1 Å². The van der Waals surface area contributed by atoms with E-state index in [0.29, 0.717) is 0 Å². The molecule has 116 valence electrons. The third kappa shape index (κ3) is 2.00. The van der Waals surface area contributed by atoms with Crippen molar-refractivity contribution in [3.8, 4) is 0 Å². The topological polar surface area (TPSA) is 64.5 Å². The fourth-order valence-electron chi connectivity index (χ4n) is 2.64. The molecule has 1 aromatic carbocycles. The third-order valence-corrected chi connectivity index (χ3v) is 6.70. The Morgan fingerprint density at radius 1 is 1.29 bits per heavy atom. The number of guanidine groups is 1. The lowest BCUT2D eigenvalue weighted by molar-refractivity contribution is 0.185. The van der Waals surface area contributed by atoms with Crippen molar-refractivity contribution in [3.05, 3.63) is 35.4 Å². The van der Waals surface area contributed by atoms with Crippen molar-refractivity contribution in [3.63, 3.8) is 0 Å². The van der Waals surface area contributed by atoms with Gasteiger partial charge in [-0.3, -0.25) is 5.41 Å². The summed E-state index contributed by atoms with van der Waals surface area (Å²) in [6.07, 6.45) is 0. The predicted molar refractivity (Wildman–Crippen MR) is 75.3 cm³/mol. The molecule has 5 nitrogen and oxygen atoms in total. The van der Waals surface area contributed by atoms with E-state index in [4.69, 9.17) is 5.41 Å². The van der Waals surface area contributed by atoms with Crippen LogP contribution in [0.25, 0.3) is 0 Å². The van der Waals surface area contributed by atoms with E-state index in [-0.39, 0.29) is 11.5 Å². The Hall–Kier alpha value is -1.70. The highest BCUT2D eigenvalue weighted by Gasteiger charge is 2.53. The molecule has 1 aromatic rings. The first-order valence-electron chi connectivity index (χ1n) is 6.30. The van der Waals surface area contributed by atoms with E-state index in [2.05, 4.69) is 0 Å². The van der Waals surface area contributed by atoms with Gasteiger partial charge in [0.2, 0.25) is 16.0 Å². The molecule has 2 rings (SSSR count). The second-order valence-electron chi connectivity index (χ2n) is 5.31. The number of hydrogen-bond acceptors (Lipinski definition) is 3. The maximum absolute atomic E-state index is 14.1. The Morgan fingerprint density at radius 2 is 1.86 bits per heavy atom. The normalized spacial score (nSPS) is 28.9. The van der Waals surface area contributed by atoms with Gasteiger partial charge in [-0.05, 0) is 32.0 Å². The van der Waals surface area contributed by atoms with Crippen molar-refractivity contribution in [2.45, 2.75) is 24.6 Å². The largest absolute Gasteiger partial charge is 0.334 e. The predicted octanol–water partition coefficient (Wildman–Crippen LogP) is 1.71. The van der Waals surface area contributed by atoms with Crippen LogP contribution >= 0.6 is 0 Å². The molecule has 1 fully saturated rings. The van der Waals surface area contributed by atoms with Gasteiger partial charge < -0.3 is 4.90 Å². The Morgan fingerprint density at radius 3 is 2.43 bits per heavy atom. The van der Waals surface area contributed by atoms with Gasteiger partial charge in [-0.25, -0.2) is 21.5 Å². The molecule has 0 amide bonds. The summed E-state index contributed by atoms with van der Waals surface area (Å²) in [6, 6.07) is 2.92. The molecule has 1 N–H and O–H groups in total. The highest BCUT2D eigenvalue weighted by molar-refractivity contribution is 7.90. The first kappa shape index (κ1) is 15.7. The minimum atomic E-state index is -3.83. The van der Waals surface area contributed by atoms with Crippen molar-refractivity contribution in [1.29, 1.82) is 5.41 Å². The van der Waals surface area contributed by atoms with E-state index in [1.165, 1.54) is 32.8 Å². The zero-order chi connectivity index (χ0) is 16.2. The summed E-state index contributed by atoms with van der Waals surface area (Å²) in [4.78, 5) is 1.34. The Balaban J connectivity index is 2.74. The van der Waals surface area contributed by atoms with Gasteiger partial charge >= 0.3 is 0 Å². The molecule has 0 radical (unpaired) electrons. The molecular formula is C13H17F2N3O2S. The van der Waals surface area contributed by atoms with Crippen LogP contribution in [0.4, 0.5) is 8.78 Å². The van der Waals surface area contributed by atoms with Crippen molar-refractivity contribution in [2.24, 2.45) is 0 Å². The van der Waals surface area contributed by atoms with Crippen LogP contribution in [0.5, 0.6) is 0 Å². The molecule has 1 heterocycles. The van der Waals surface area contributed by atoms with Crippen LogP contribution in [0.15, 0.2) is 18.2 Å². The Kier molecular flexibility index (Phi) is 3.48. The molecule has 1 saturated heterocycles. The summed E-state index contributed by atoms with van der Waals surface area (Å²) in [5.74, 6) is -1.65. The lowest BCUT2D eigenvalue weighted by Gasteiger charge is -2.50. The first-order valence-corrected chi connectivity index (χ1v) is 7.80. The average Bonchev–Trinajstić information content (AvgIpc) is 2.44. The summed E-state index contributed by atoms with van der Waals surface area (Å²) < 4.78 is 53.3. The average molecular weight is 317 g/mol. The maximum Gasteiger partial charge on any atom is 0.242 e. The van der Waals surface area contributed by atoms with Crippen LogP contribution in [0, 0.1) is 17.0 Å². The Labute approximate surface area is 122 Å². The van der Waals surface area contributed by atoms with Gasteiger partial charge in [0.15, 0.2) is 0 Å². The molecule has 0 bridgehead atoms. The number of halogens is 2. The van der Waals surface area contributed by atoms with Gasteiger partial charge in [0.25, 0.3) is 0 Å². The second kappa shape index (κ2) is 4.66. The number of sulfonamides is 1. The zero-order valence-corrected chi connectivity index (χ0v) is 13.0. The SMILES string of the molecule is CC1C(C)(c2cc(F)ccc2F)N(C)C(=N)N(C)S1(=O)=O. The third-order valence-electron chi connectivity index (χ3n) is 4.41. The van der Waals surface area contributed by atoms with Gasteiger partial charge in [0.05, 0.1) is 5.54 Å². The highest BCUT2D eigenvalue weighted by atomic mass is 32.2. The number of nitrogens with zero attached hydrogens (tertiary/aromatic N) is 2. The maximum atomic E-state index is 14.1. The van der Waals surface area contributed by atoms with Crippen molar-refractivity contribution >= 4 is 16.0 Å². The number of benzene rings is 1. The fraction of sp³-hybridized carbons (Fsp3) is 0.462. The van der Waals surface area contributed by atoms with E-state index in [0.717, 1.165) is 22.5 Å². The smallest absolute Gasteiger partial charge is 0.242 e. The number of rotatable bonds is 1. The molecular weight excluding hydrogens is 300 g/mol. The van der Waals surface area contributed by atoms with E-state index in [1.807, 2.05) is 0 Å². The molecule has 8 heteroatoms. The quantitative estimate of drug-likeness (QED) is 0.857. The lowest BCUT2D eigenvalue weighted by Crippen LogP contribution is -2.65. The summed E-state index contributed by atoms with van der Waals surface area (Å²) >= 11 is 0. The van der Waals surface area contributed by atoms with E-state index in [9.17, 15) is 17.2 Å². The van der Waals surface area contributed by atoms with Gasteiger partial charge in [0.1, 0.15) is 16.9 Å². The standard InChI is InChI=1S/C13H17F2N3O2S/c1-8-13(2,10-7-9(14)5-6-11(10)15)17(3)12(16)18(4)21(8,19)20/h5-8,16H,1-4H3. The van der Waals surface area contributed by atoms with Gasteiger partial charge in [-0.1, -0.05) is 0 Å². The molecule has 1 aliphatic heterocycles. The fourth-order valence-corrected chi connectivity index (χ4v) is 4.34. The second-order valence-corrected chi connectivity index (χ2v) is 7.59. The zero-order valence-electron chi connectivity index (χ0n) is 12.2. The van der Waals surface area contributed by atoms with Crippen LogP contribution in [-0.2, 0) is 15.6 Å². The van der Waals surface area contributed by atoms with Crippen LogP contribution in [0.3, 0.4) is 0 Å². The van der Waals surface area contributed by atoms with E-state index < -0.39 is 32.4 Å². The van der Waals surface area contributed by atoms with Gasteiger partial charge in [-0.2, -0.15) is 0 Å². The highest BCUT2D eigenvalue weighted by Crippen LogP contribution is 2.40. The van der Waals surface area contributed by atoms with Crippen LogP contribution < -0.4 is 0 Å². The molecule has 0 aliphatic carbocycles. The molecule has 2 unspecified atom stereocenters. The molecule has 0 spiro atoms. The molecule has 0 aromatic heterocycles. The summed E-state index contributed by atoms with van der Waals surface area (Å²) in [5.41, 5.74) is -1.46. The number of nitrogens with one attached hydrogen (secondary N) is 1. The minimum absolute atomic E-state index is 0.0843. The van der Waals surface area contributed by atoms with Gasteiger partial charge in [0, 0.05) is 19.7 Å².